The van der Waals surface area contributed by atoms with Gasteiger partial charge >= 0.3 is 0 Å². The number of hydrogen-bond acceptors (Lipinski definition) is 0. The van der Waals surface area contributed by atoms with Crippen molar-refractivity contribution in [3.8, 4) is 22.3 Å². The Bertz CT molecular complexity index is 1010. The van der Waals surface area contributed by atoms with E-state index >= 15 is 0 Å². The summed E-state index contributed by atoms with van der Waals surface area (Å²) in [6.07, 6.45) is 17.5. The maximum atomic E-state index is 12.3. The summed E-state index contributed by atoms with van der Waals surface area (Å²) in [5, 5.41) is 0. The Morgan fingerprint density at radius 2 is 0.973 bits per heavy atom. The molecule has 0 bridgehead atoms. The lowest BCUT2D eigenvalue weighted by molar-refractivity contribution is 0.248. The predicted molar refractivity (Wildman–Crippen MR) is 159 cm³/mol. The zero-order chi connectivity index (χ0) is 25.7. The second kappa shape index (κ2) is 15.1. The van der Waals surface area contributed by atoms with Crippen molar-refractivity contribution in [3.05, 3.63) is 83.9 Å². The molecule has 0 nitrogen and oxygen atoms in total. The zero-order valence-corrected chi connectivity index (χ0v) is 23.1. The largest absolute Gasteiger partial charge is 0.251 e. The second-order valence-corrected chi connectivity index (χ2v) is 11.4. The first kappa shape index (κ1) is 27.6. The summed E-state index contributed by atoms with van der Waals surface area (Å²) < 4.78 is 12.3. The van der Waals surface area contributed by atoms with E-state index < -0.39 is 0 Å². The highest BCUT2D eigenvalue weighted by Crippen LogP contribution is 2.34. The van der Waals surface area contributed by atoms with Crippen molar-refractivity contribution in [2.45, 2.75) is 96.8 Å². The highest BCUT2D eigenvalue weighted by molar-refractivity contribution is 5.70. The van der Waals surface area contributed by atoms with Gasteiger partial charge in [-0.05, 0) is 77.3 Å². The minimum atomic E-state index is -0.145. The fraction of sp³-hybridized carbons (Fsp3) is 0.500. The first-order chi connectivity index (χ1) is 18.2. The molecule has 1 saturated carbocycles. The molecule has 1 aliphatic carbocycles. The van der Waals surface area contributed by atoms with Gasteiger partial charge in [-0.3, -0.25) is 4.39 Å². The number of aryl methyl sites for hydroxylation is 2. The summed E-state index contributed by atoms with van der Waals surface area (Å²) in [7, 11) is 0. The van der Waals surface area contributed by atoms with Crippen molar-refractivity contribution in [3.63, 3.8) is 0 Å². The fourth-order valence-electron chi connectivity index (χ4n) is 6.05. The van der Waals surface area contributed by atoms with Crippen LogP contribution >= 0.6 is 0 Å². The number of rotatable bonds is 14. The van der Waals surface area contributed by atoms with E-state index in [1.807, 2.05) is 0 Å². The van der Waals surface area contributed by atoms with Crippen molar-refractivity contribution in [1.82, 2.24) is 0 Å². The molecule has 0 heterocycles. The summed E-state index contributed by atoms with van der Waals surface area (Å²) in [6.45, 7) is 2.12. The predicted octanol–water partition coefficient (Wildman–Crippen LogP) is 11.0. The molecule has 0 N–H and O–H groups in total. The maximum absolute atomic E-state index is 12.3. The maximum Gasteiger partial charge on any atom is 0.0894 e. The van der Waals surface area contributed by atoms with E-state index in [2.05, 4.69) is 79.7 Å². The average Bonchev–Trinajstić information content (AvgIpc) is 2.96. The lowest BCUT2D eigenvalue weighted by Gasteiger charge is -2.28. The van der Waals surface area contributed by atoms with Crippen LogP contribution in [0.1, 0.15) is 95.1 Å². The quantitative estimate of drug-likeness (QED) is 0.194. The molecule has 1 aliphatic rings. The molecule has 0 saturated heterocycles. The van der Waals surface area contributed by atoms with Crippen LogP contribution in [0.3, 0.4) is 0 Å². The minimum Gasteiger partial charge on any atom is -0.251 e. The van der Waals surface area contributed by atoms with Crippen LogP contribution in [0.15, 0.2) is 72.8 Å². The van der Waals surface area contributed by atoms with Crippen molar-refractivity contribution in [2.75, 3.05) is 6.67 Å². The van der Waals surface area contributed by atoms with E-state index in [0.29, 0.717) is 0 Å². The first-order valence-electron chi connectivity index (χ1n) is 15.1. The Morgan fingerprint density at radius 3 is 1.46 bits per heavy atom. The number of hydrogen-bond donors (Lipinski definition) is 0. The second-order valence-electron chi connectivity index (χ2n) is 11.4. The molecule has 0 amide bonds. The van der Waals surface area contributed by atoms with Crippen LogP contribution in [0, 0.1) is 11.8 Å². The van der Waals surface area contributed by atoms with Gasteiger partial charge in [-0.2, -0.15) is 0 Å². The van der Waals surface area contributed by atoms with E-state index in [4.69, 9.17) is 0 Å². The van der Waals surface area contributed by atoms with Crippen LogP contribution in [0.5, 0.6) is 0 Å². The Kier molecular flexibility index (Phi) is 11.3. The number of unbranched alkanes of at least 4 members (excludes halogenated alkanes) is 4. The van der Waals surface area contributed by atoms with Crippen LogP contribution in [0.25, 0.3) is 22.3 Å². The Balaban J connectivity index is 1.22. The molecule has 0 atom stereocenters. The molecule has 0 radical (unpaired) electrons. The van der Waals surface area contributed by atoms with Gasteiger partial charge in [-0.15, -0.1) is 0 Å². The SMILES string of the molecule is CCCCCc1ccc(-c2ccc(-c3ccc(CC[C@H]4CC[C@H](CCCCCF)CC4)cc3)cc2)cc1. The molecule has 1 fully saturated rings. The standard InChI is InChI=1S/C36H47F/c1-2-3-5-8-30-16-20-33(21-17-30)35-24-26-36(27-25-35)34-22-18-32(19-23-34)15-14-31-12-10-29(11-13-31)9-6-4-7-28-37/h16-27,29,31H,2-15,28H2,1H3/t29-,31-. The van der Waals surface area contributed by atoms with Crippen molar-refractivity contribution < 1.29 is 4.39 Å². The fourth-order valence-corrected chi connectivity index (χ4v) is 6.05. The molecule has 1 heteroatoms. The molecular weight excluding hydrogens is 451 g/mol. The number of halogens is 1. The molecule has 0 aliphatic heterocycles. The molecular formula is C36H47F. The van der Waals surface area contributed by atoms with Crippen LogP contribution in [-0.2, 0) is 12.8 Å². The molecule has 0 unspecified atom stereocenters. The van der Waals surface area contributed by atoms with Gasteiger partial charge in [0.15, 0.2) is 0 Å². The van der Waals surface area contributed by atoms with Crippen LogP contribution in [-0.4, -0.2) is 6.67 Å². The van der Waals surface area contributed by atoms with Gasteiger partial charge in [0, 0.05) is 0 Å². The highest BCUT2D eigenvalue weighted by atomic mass is 19.1. The van der Waals surface area contributed by atoms with Gasteiger partial charge in [-0.25, -0.2) is 0 Å². The Hall–Kier alpha value is -2.41. The normalized spacial score (nSPS) is 17.7. The van der Waals surface area contributed by atoms with Gasteiger partial charge in [0.2, 0.25) is 0 Å². The van der Waals surface area contributed by atoms with Crippen LogP contribution < -0.4 is 0 Å². The number of alkyl halides is 1. The summed E-state index contributed by atoms with van der Waals surface area (Å²) in [4.78, 5) is 0. The lowest BCUT2D eigenvalue weighted by atomic mass is 9.78. The third-order valence-electron chi connectivity index (χ3n) is 8.58. The van der Waals surface area contributed by atoms with Crippen molar-refractivity contribution in [1.29, 1.82) is 0 Å². The van der Waals surface area contributed by atoms with Gasteiger partial charge < -0.3 is 0 Å². The number of benzene rings is 3. The van der Waals surface area contributed by atoms with Gasteiger partial charge in [0.1, 0.15) is 0 Å². The third kappa shape index (κ3) is 8.84. The van der Waals surface area contributed by atoms with E-state index in [9.17, 15) is 4.39 Å². The highest BCUT2D eigenvalue weighted by Gasteiger charge is 2.20. The van der Waals surface area contributed by atoms with Gasteiger partial charge in [0.25, 0.3) is 0 Å². The summed E-state index contributed by atoms with van der Waals surface area (Å²) >= 11 is 0. The third-order valence-corrected chi connectivity index (χ3v) is 8.58. The lowest BCUT2D eigenvalue weighted by Crippen LogP contribution is -2.15. The molecule has 3 aromatic carbocycles. The van der Waals surface area contributed by atoms with Gasteiger partial charge in [0.05, 0.1) is 6.67 Å². The van der Waals surface area contributed by atoms with E-state index in [1.54, 1.807) is 0 Å². The topological polar surface area (TPSA) is 0 Å². The minimum absolute atomic E-state index is 0.145. The van der Waals surface area contributed by atoms with E-state index in [-0.39, 0.29) is 6.67 Å². The van der Waals surface area contributed by atoms with Crippen molar-refractivity contribution >= 4 is 0 Å². The Morgan fingerprint density at radius 1 is 0.514 bits per heavy atom. The summed E-state index contributed by atoms with van der Waals surface area (Å²) in [6, 6.07) is 27.4. The van der Waals surface area contributed by atoms with Gasteiger partial charge in [-0.1, -0.05) is 138 Å². The molecule has 37 heavy (non-hydrogen) atoms. The van der Waals surface area contributed by atoms with E-state index in [0.717, 1.165) is 24.7 Å². The molecule has 0 spiro atoms. The first-order valence-corrected chi connectivity index (χ1v) is 15.1. The molecule has 198 valence electrons. The molecule has 3 aromatic rings. The Labute approximate surface area is 225 Å². The van der Waals surface area contributed by atoms with Crippen LogP contribution in [0.4, 0.5) is 4.39 Å². The van der Waals surface area contributed by atoms with Crippen molar-refractivity contribution in [2.24, 2.45) is 11.8 Å². The van der Waals surface area contributed by atoms with Crippen LogP contribution in [0.2, 0.25) is 0 Å². The zero-order valence-electron chi connectivity index (χ0n) is 23.1. The van der Waals surface area contributed by atoms with E-state index in [1.165, 1.54) is 110 Å². The molecule has 4 rings (SSSR count). The summed E-state index contributed by atoms with van der Waals surface area (Å²) in [5.74, 6) is 1.79. The summed E-state index contributed by atoms with van der Waals surface area (Å²) in [5.41, 5.74) is 8.09. The smallest absolute Gasteiger partial charge is 0.0894 e. The monoisotopic (exact) mass is 498 g/mol. The average molecular weight is 499 g/mol. The molecule has 0 aromatic heterocycles.